The molecule has 4 N–H and O–H groups in total. The van der Waals surface area contributed by atoms with Gasteiger partial charge in [0, 0.05) is 34.9 Å². The fourth-order valence-electron chi connectivity index (χ4n) is 8.02. The SMILES string of the molecule is CCC(C)(C(=N)C(C)C(=O)C(C)C(=N)C(C)(CC)C(=O)c1c[nH]c2ncc(-c3cc(OC)c(OC)c(OC)c3)nc12)C(=O)c1c[nH]c2ncc(-c3cc(OC)c(OC)c(OC)c3)nc12. The van der Waals surface area contributed by atoms with Gasteiger partial charge >= 0.3 is 0 Å². The van der Waals surface area contributed by atoms with E-state index in [4.69, 9.17) is 38.4 Å². The molecule has 4 heterocycles. The summed E-state index contributed by atoms with van der Waals surface area (Å²) in [6.07, 6.45) is 6.51. The van der Waals surface area contributed by atoms with Gasteiger partial charge in [-0.05, 0) is 51.0 Å². The lowest BCUT2D eigenvalue weighted by Gasteiger charge is -2.34. The summed E-state index contributed by atoms with van der Waals surface area (Å²) in [5.74, 6) is -1.04. The molecular formula is C47H54N8O9. The monoisotopic (exact) mass is 874 g/mol. The van der Waals surface area contributed by atoms with Gasteiger partial charge in [-0.25, -0.2) is 19.9 Å². The molecule has 336 valence electrons. The van der Waals surface area contributed by atoms with Gasteiger partial charge in [0.1, 0.15) is 16.8 Å². The quantitative estimate of drug-likeness (QED) is 0.0417. The summed E-state index contributed by atoms with van der Waals surface area (Å²) in [4.78, 5) is 68.3. The Morgan fingerprint density at radius 1 is 0.594 bits per heavy atom. The molecule has 0 saturated heterocycles. The van der Waals surface area contributed by atoms with Crippen molar-refractivity contribution in [3.63, 3.8) is 0 Å². The highest BCUT2D eigenvalue weighted by Crippen LogP contribution is 2.43. The highest BCUT2D eigenvalue weighted by atomic mass is 16.5. The minimum Gasteiger partial charge on any atom is -0.493 e. The van der Waals surface area contributed by atoms with Crippen LogP contribution in [0.1, 0.15) is 75.1 Å². The van der Waals surface area contributed by atoms with Crippen molar-refractivity contribution in [2.24, 2.45) is 22.7 Å². The Kier molecular flexibility index (Phi) is 13.2. The number of aromatic amines is 2. The smallest absolute Gasteiger partial charge is 0.203 e. The van der Waals surface area contributed by atoms with E-state index in [1.165, 1.54) is 55.1 Å². The number of hydrogen-bond donors (Lipinski definition) is 4. The van der Waals surface area contributed by atoms with Crippen LogP contribution in [-0.4, -0.2) is 101 Å². The van der Waals surface area contributed by atoms with Crippen LogP contribution in [0.25, 0.3) is 44.8 Å². The molecule has 0 aliphatic carbocycles. The number of benzene rings is 2. The molecule has 6 aromatic rings. The zero-order valence-corrected chi connectivity index (χ0v) is 38.2. The average molecular weight is 875 g/mol. The Hall–Kier alpha value is -7.17. The third kappa shape index (κ3) is 7.79. The van der Waals surface area contributed by atoms with Gasteiger partial charge in [-0.3, -0.25) is 14.4 Å². The molecule has 2 aromatic carbocycles. The van der Waals surface area contributed by atoms with Gasteiger partial charge < -0.3 is 49.2 Å². The third-order valence-electron chi connectivity index (χ3n) is 12.5. The third-order valence-corrected chi connectivity index (χ3v) is 12.5. The zero-order valence-electron chi connectivity index (χ0n) is 38.2. The van der Waals surface area contributed by atoms with Crippen molar-refractivity contribution in [1.82, 2.24) is 29.9 Å². The van der Waals surface area contributed by atoms with Crippen molar-refractivity contribution in [1.29, 1.82) is 10.8 Å². The second-order valence-electron chi connectivity index (χ2n) is 15.8. The molecule has 4 aromatic heterocycles. The molecule has 0 saturated carbocycles. The van der Waals surface area contributed by atoms with Crippen molar-refractivity contribution >= 4 is 51.1 Å². The maximum Gasteiger partial charge on any atom is 0.203 e. The summed E-state index contributed by atoms with van der Waals surface area (Å²) in [5.41, 5.74) is 0.603. The predicted molar refractivity (Wildman–Crippen MR) is 242 cm³/mol. The van der Waals surface area contributed by atoms with Crippen LogP contribution < -0.4 is 28.4 Å². The summed E-state index contributed by atoms with van der Waals surface area (Å²) in [7, 11) is 9.05. The van der Waals surface area contributed by atoms with Crippen molar-refractivity contribution in [3.05, 3.63) is 60.2 Å². The number of ketones is 3. The lowest BCUT2D eigenvalue weighted by molar-refractivity contribution is -0.122. The van der Waals surface area contributed by atoms with Crippen LogP contribution in [0.2, 0.25) is 0 Å². The number of fused-ring (bicyclic) bond motifs is 2. The maximum absolute atomic E-state index is 14.6. The number of carbonyl (C=O) groups is 3. The standard InChI is InChI=1S/C47H54N8O9/c1-13-46(5,42(57)27-19-50-44-35(27)54-29(21-52-44)25-15-31(59-7)38(63-11)32(16-25)60-8)40(48)23(3)37(56)24(4)41(49)47(6,14-2)43(58)28-20-51-45-36(28)55-30(22-53-45)26-17-33(61-9)39(64-12)34(18-26)62-10/h15-24,48-49H,13-14H2,1-12H3,(H,50,52)(H,51,53). The minimum absolute atomic E-state index is 0.122. The van der Waals surface area contributed by atoms with Crippen LogP contribution in [0, 0.1) is 33.5 Å². The lowest BCUT2D eigenvalue weighted by atomic mass is 9.67. The molecule has 4 unspecified atom stereocenters. The number of carbonyl (C=O) groups excluding carboxylic acids is 3. The number of nitrogens with zero attached hydrogens (tertiary/aromatic N) is 4. The van der Waals surface area contributed by atoms with Crippen molar-refractivity contribution in [3.8, 4) is 57.0 Å². The molecule has 0 bridgehead atoms. The number of rotatable bonds is 20. The second kappa shape index (κ2) is 18.3. The lowest BCUT2D eigenvalue weighted by Crippen LogP contribution is -2.46. The number of nitrogens with one attached hydrogen (secondary N) is 4. The van der Waals surface area contributed by atoms with Gasteiger partial charge in [-0.1, -0.05) is 27.7 Å². The Bertz CT molecular complexity index is 2580. The van der Waals surface area contributed by atoms with Crippen LogP contribution >= 0.6 is 0 Å². The topological polar surface area (TPSA) is 237 Å². The molecule has 0 amide bonds. The maximum atomic E-state index is 14.6. The Morgan fingerprint density at radius 2 is 0.922 bits per heavy atom. The van der Waals surface area contributed by atoms with Gasteiger partial charge in [0.2, 0.25) is 11.5 Å². The largest absolute Gasteiger partial charge is 0.493 e. The van der Waals surface area contributed by atoms with E-state index in [2.05, 4.69) is 19.9 Å². The van der Waals surface area contributed by atoms with E-state index in [0.29, 0.717) is 68.3 Å². The molecule has 64 heavy (non-hydrogen) atoms. The van der Waals surface area contributed by atoms with Gasteiger partial charge in [-0.2, -0.15) is 0 Å². The molecule has 17 nitrogen and oxygen atoms in total. The number of ether oxygens (including phenoxy) is 6. The van der Waals surface area contributed by atoms with Crippen LogP contribution in [0.15, 0.2) is 49.1 Å². The molecular weight excluding hydrogens is 821 g/mol. The molecule has 0 aliphatic heterocycles. The van der Waals surface area contributed by atoms with E-state index >= 15 is 0 Å². The van der Waals surface area contributed by atoms with Crippen molar-refractivity contribution in [2.75, 3.05) is 42.7 Å². The van der Waals surface area contributed by atoms with Crippen LogP contribution in [0.3, 0.4) is 0 Å². The van der Waals surface area contributed by atoms with Crippen molar-refractivity contribution < 1.29 is 42.8 Å². The molecule has 0 spiro atoms. The number of aromatic nitrogens is 6. The molecule has 0 fully saturated rings. The van der Waals surface area contributed by atoms with E-state index in [-0.39, 0.29) is 46.4 Å². The Morgan fingerprint density at radius 3 is 1.20 bits per heavy atom. The molecule has 6 rings (SSSR count). The fraction of sp³-hybridized carbons (Fsp3) is 0.383. The van der Waals surface area contributed by atoms with E-state index < -0.39 is 40.0 Å². The summed E-state index contributed by atoms with van der Waals surface area (Å²) in [5, 5.41) is 18.8. The number of H-pyrrole nitrogens is 2. The highest BCUT2D eigenvalue weighted by molar-refractivity contribution is 6.27. The van der Waals surface area contributed by atoms with E-state index in [1.807, 2.05) is 0 Å². The van der Waals surface area contributed by atoms with E-state index in [0.717, 1.165) is 0 Å². The number of methoxy groups -OCH3 is 6. The van der Waals surface area contributed by atoms with E-state index in [9.17, 15) is 25.2 Å². The second-order valence-corrected chi connectivity index (χ2v) is 15.8. The molecule has 4 atom stereocenters. The first kappa shape index (κ1) is 46.3. The number of hydrogen-bond acceptors (Lipinski definition) is 15. The fourth-order valence-corrected chi connectivity index (χ4v) is 8.02. The van der Waals surface area contributed by atoms with Crippen LogP contribution in [-0.2, 0) is 4.79 Å². The summed E-state index contributed by atoms with van der Waals surface area (Å²) in [6.45, 7) is 9.96. The summed E-state index contributed by atoms with van der Waals surface area (Å²) in [6, 6.07) is 6.91. The summed E-state index contributed by atoms with van der Waals surface area (Å²) < 4.78 is 33.0. The van der Waals surface area contributed by atoms with E-state index in [1.54, 1.807) is 78.2 Å². The first-order chi connectivity index (χ1) is 30.5. The van der Waals surface area contributed by atoms with Gasteiger partial charge in [-0.15, -0.1) is 0 Å². The first-order valence-corrected chi connectivity index (χ1v) is 20.6. The average Bonchev–Trinajstić information content (AvgIpc) is 3.97. The normalized spacial score (nSPS) is 14.2. The minimum atomic E-state index is -1.45. The number of Topliss-reactive ketones (excluding diaryl/α,β-unsaturated/α-hetero) is 3. The van der Waals surface area contributed by atoms with Gasteiger partial charge in [0.05, 0.1) is 100 Å². The molecule has 0 radical (unpaired) electrons. The molecule has 17 heteroatoms. The zero-order chi connectivity index (χ0) is 46.8. The molecule has 0 aliphatic rings. The predicted octanol–water partition coefficient (Wildman–Crippen LogP) is 8.39. The first-order valence-electron chi connectivity index (χ1n) is 20.6. The van der Waals surface area contributed by atoms with Gasteiger partial charge in [0.15, 0.2) is 45.9 Å². The van der Waals surface area contributed by atoms with Gasteiger partial charge in [0.25, 0.3) is 0 Å². The Labute approximate surface area is 370 Å². The van der Waals surface area contributed by atoms with Crippen molar-refractivity contribution in [2.45, 2.75) is 54.4 Å². The Balaban J connectivity index is 1.26. The van der Waals surface area contributed by atoms with Crippen LogP contribution in [0.4, 0.5) is 0 Å². The summed E-state index contributed by atoms with van der Waals surface area (Å²) >= 11 is 0. The highest BCUT2D eigenvalue weighted by Gasteiger charge is 2.46. The van der Waals surface area contributed by atoms with Crippen LogP contribution in [0.5, 0.6) is 34.5 Å².